The minimum Gasteiger partial charge on any atom is -0.497 e. The molecule has 0 spiro atoms. The molecule has 1 aliphatic heterocycles. The van der Waals surface area contributed by atoms with Crippen molar-refractivity contribution in [2.45, 2.75) is 18.9 Å². The average Bonchev–Trinajstić information content (AvgIpc) is 3.20. The Kier molecular flexibility index (Phi) is 5.86. The summed E-state index contributed by atoms with van der Waals surface area (Å²) in [6, 6.07) is 13.7. The van der Waals surface area contributed by atoms with Gasteiger partial charge in [0.25, 0.3) is 11.8 Å². The highest BCUT2D eigenvalue weighted by atomic mass is 16.5. The molecule has 2 aromatic rings. The topological polar surface area (TPSA) is 76.7 Å². The summed E-state index contributed by atoms with van der Waals surface area (Å²) < 4.78 is 10.6. The van der Waals surface area contributed by atoms with Crippen molar-refractivity contribution in [2.75, 3.05) is 25.6 Å². The van der Waals surface area contributed by atoms with Crippen LogP contribution >= 0.6 is 0 Å². The second-order valence-corrected chi connectivity index (χ2v) is 6.11. The number of nitrogens with one attached hydrogen (secondary N) is 2. The Morgan fingerprint density at radius 1 is 1.12 bits per heavy atom. The van der Waals surface area contributed by atoms with Gasteiger partial charge in [0.15, 0.2) is 0 Å². The van der Waals surface area contributed by atoms with E-state index in [1.165, 1.54) is 0 Å². The zero-order valence-corrected chi connectivity index (χ0v) is 14.7. The molecule has 1 heterocycles. The Morgan fingerprint density at radius 3 is 2.50 bits per heavy atom. The number of methoxy groups -OCH3 is 1. The van der Waals surface area contributed by atoms with Gasteiger partial charge in [0.05, 0.1) is 13.2 Å². The summed E-state index contributed by atoms with van der Waals surface area (Å²) in [5.74, 6) is 0.255. The van der Waals surface area contributed by atoms with E-state index in [0.29, 0.717) is 29.1 Å². The highest BCUT2D eigenvalue weighted by Gasteiger charge is 2.17. The molecule has 0 saturated carbocycles. The molecule has 0 aromatic heterocycles. The number of carbonyl (C=O) groups excluding carboxylic acids is 2. The van der Waals surface area contributed by atoms with E-state index < -0.39 is 0 Å². The third-order valence-electron chi connectivity index (χ3n) is 4.25. The molecular weight excluding hydrogens is 332 g/mol. The lowest BCUT2D eigenvalue weighted by molar-refractivity contribution is 0.0857. The summed E-state index contributed by atoms with van der Waals surface area (Å²) in [5.41, 5.74) is 1.64. The molecule has 6 nitrogen and oxygen atoms in total. The first-order chi connectivity index (χ1) is 12.7. The number of benzene rings is 2. The lowest BCUT2D eigenvalue weighted by atomic mass is 10.1. The molecule has 3 rings (SSSR count). The molecule has 1 saturated heterocycles. The number of ether oxygens (including phenoxy) is 2. The van der Waals surface area contributed by atoms with Crippen molar-refractivity contribution >= 4 is 17.5 Å². The van der Waals surface area contributed by atoms with Crippen molar-refractivity contribution in [3.63, 3.8) is 0 Å². The first-order valence-corrected chi connectivity index (χ1v) is 8.61. The molecule has 1 unspecified atom stereocenters. The second kappa shape index (κ2) is 8.49. The molecule has 0 aliphatic carbocycles. The van der Waals surface area contributed by atoms with E-state index >= 15 is 0 Å². The molecular formula is C20H22N2O4. The van der Waals surface area contributed by atoms with Gasteiger partial charge in [-0.25, -0.2) is 0 Å². The summed E-state index contributed by atoms with van der Waals surface area (Å²) in [4.78, 5) is 24.5. The lowest BCUT2D eigenvalue weighted by Crippen LogP contribution is -2.31. The monoisotopic (exact) mass is 354 g/mol. The predicted octanol–water partition coefficient (Wildman–Crippen LogP) is 2.86. The summed E-state index contributed by atoms with van der Waals surface area (Å²) in [7, 11) is 1.57. The number of rotatable bonds is 6. The maximum Gasteiger partial charge on any atom is 0.255 e. The quantitative estimate of drug-likeness (QED) is 0.836. The third kappa shape index (κ3) is 4.61. The molecule has 0 bridgehead atoms. The van der Waals surface area contributed by atoms with Crippen molar-refractivity contribution in [1.82, 2.24) is 5.32 Å². The minimum absolute atomic E-state index is 0.104. The van der Waals surface area contributed by atoms with Crippen LogP contribution in [-0.2, 0) is 4.74 Å². The van der Waals surface area contributed by atoms with E-state index in [4.69, 9.17) is 9.47 Å². The van der Waals surface area contributed by atoms with Gasteiger partial charge in [-0.15, -0.1) is 0 Å². The standard InChI is InChI=1S/C20H22N2O4/c1-25-17-5-2-4-16(12-17)22-20(24)15-9-7-14(8-10-15)19(23)21-13-18-6-3-11-26-18/h2,4-5,7-10,12,18H,3,6,11,13H2,1H3,(H,21,23)(H,22,24). The smallest absolute Gasteiger partial charge is 0.255 e. The minimum atomic E-state index is -0.246. The summed E-state index contributed by atoms with van der Waals surface area (Å²) in [6.45, 7) is 1.27. The highest BCUT2D eigenvalue weighted by molar-refractivity contribution is 6.05. The van der Waals surface area contributed by atoms with Crippen molar-refractivity contribution in [1.29, 1.82) is 0 Å². The van der Waals surface area contributed by atoms with E-state index in [2.05, 4.69) is 10.6 Å². The van der Waals surface area contributed by atoms with Crippen LogP contribution in [0.4, 0.5) is 5.69 Å². The largest absolute Gasteiger partial charge is 0.497 e. The van der Waals surface area contributed by atoms with Gasteiger partial charge in [-0.1, -0.05) is 6.07 Å². The summed E-state index contributed by atoms with van der Waals surface area (Å²) in [6.07, 6.45) is 2.12. The zero-order chi connectivity index (χ0) is 18.4. The van der Waals surface area contributed by atoms with Gasteiger partial charge in [0.2, 0.25) is 0 Å². The molecule has 1 aliphatic rings. The van der Waals surface area contributed by atoms with Crippen LogP contribution in [0, 0.1) is 0 Å². The number of amides is 2. The molecule has 2 aromatic carbocycles. The third-order valence-corrected chi connectivity index (χ3v) is 4.25. The zero-order valence-electron chi connectivity index (χ0n) is 14.7. The maximum atomic E-state index is 12.3. The van der Waals surface area contributed by atoms with E-state index in [1.807, 2.05) is 0 Å². The van der Waals surface area contributed by atoms with Crippen LogP contribution in [0.5, 0.6) is 5.75 Å². The Bertz CT molecular complexity index is 768. The fourth-order valence-electron chi connectivity index (χ4n) is 2.79. The van der Waals surface area contributed by atoms with Crippen molar-refractivity contribution in [3.8, 4) is 5.75 Å². The Hall–Kier alpha value is -2.86. The van der Waals surface area contributed by atoms with Gasteiger partial charge in [-0.05, 0) is 49.2 Å². The van der Waals surface area contributed by atoms with Gasteiger partial charge in [0, 0.05) is 36.0 Å². The van der Waals surface area contributed by atoms with Gasteiger partial charge in [-0.2, -0.15) is 0 Å². The molecule has 1 atom stereocenters. The SMILES string of the molecule is COc1cccc(NC(=O)c2ccc(C(=O)NCC3CCCO3)cc2)c1. The number of anilines is 1. The van der Waals surface area contributed by atoms with Crippen molar-refractivity contribution < 1.29 is 19.1 Å². The van der Waals surface area contributed by atoms with E-state index in [9.17, 15) is 9.59 Å². The van der Waals surface area contributed by atoms with Crippen LogP contribution in [0.2, 0.25) is 0 Å². The average molecular weight is 354 g/mol. The van der Waals surface area contributed by atoms with Crippen molar-refractivity contribution in [3.05, 3.63) is 59.7 Å². The maximum absolute atomic E-state index is 12.3. The van der Waals surface area contributed by atoms with Gasteiger partial charge >= 0.3 is 0 Å². The second-order valence-electron chi connectivity index (χ2n) is 6.11. The first-order valence-electron chi connectivity index (χ1n) is 8.61. The number of carbonyl (C=O) groups is 2. The molecule has 26 heavy (non-hydrogen) atoms. The van der Waals surface area contributed by atoms with Gasteiger partial charge < -0.3 is 20.1 Å². The van der Waals surface area contributed by atoms with Crippen LogP contribution in [0.1, 0.15) is 33.6 Å². The normalized spacial score (nSPS) is 16.1. The Balaban J connectivity index is 1.57. The molecule has 6 heteroatoms. The van der Waals surface area contributed by atoms with E-state index in [-0.39, 0.29) is 17.9 Å². The lowest BCUT2D eigenvalue weighted by Gasteiger charge is -2.11. The molecule has 2 amide bonds. The number of hydrogen-bond donors (Lipinski definition) is 2. The molecule has 2 N–H and O–H groups in total. The van der Waals surface area contributed by atoms with Crippen LogP contribution in [-0.4, -0.2) is 38.2 Å². The van der Waals surface area contributed by atoms with E-state index in [1.54, 1.807) is 55.6 Å². The molecule has 0 radical (unpaired) electrons. The summed E-state index contributed by atoms with van der Waals surface area (Å²) in [5, 5.41) is 5.67. The Labute approximate surface area is 152 Å². The highest BCUT2D eigenvalue weighted by Crippen LogP contribution is 2.18. The molecule has 1 fully saturated rings. The first kappa shape index (κ1) is 17.9. The summed E-state index contributed by atoms with van der Waals surface area (Å²) >= 11 is 0. The Morgan fingerprint density at radius 2 is 1.85 bits per heavy atom. The van der Waals surface area contributed by atoms with Crippen LogP contribution < -0.4 is 15.4 Å². The van der Waals surface area contributed by atoms with Crippen LogP contribution in [0.3, 0.4) is 0 Å². The van der Waals surface area contributed by atoms with Crippen molar-refractivity contribution in [2.24, 2.45) is 0 Å². The fourth-order valence-corrected chi connectivity index (χ4v) is 2.79. The molecule has 136 valence electrons. The van der Waals surface area contributed by atoms with Gasteiger partial charge in [0.1, 0.15) is 5.75 Å². The van der Waals surface area contributed by atoms with Crippen LogP contribution in [0.25, 0.3) is 0 Å². The predicted molar refractivity (Wildman–Crippen MR) is 98.7 cm³/mol. The number of hydrogen-bond acceptors (Lipinski definition) is 4. The van der Waals surface area contributed by atoms with Crippen LogP contribution in [0.15, 0.2) is 48.5 Å². The fraction of sp³-hybridized carbons (Fsp3) is 0.300. The van der Waals surface area contributed by atoms with Gasteiger partial charge in [-0.3, -0.25) is 9.59 Å². The van der Waals surface area contributed by atoms with E-state index in [0.717, 1.165) is 19.4 Å².